The number of rotatable bonds is 6. The van der Waals surface area contributed by atoms with E-state index in [0.717, 1.165) is 0 Å². The van der Waals surface area contributed by atoms with Gasteiger partial charge in [-0.05, 0) is 14.0 Å². The quantitative estimate of drug-likeness (QED) is 0.350. The summed E-state index contributed by atoms with van der Waals surface area (Å²) < 4.78 is 4.40. The zero-order valence-electron chi connectivity index (χ0n) is 8.43. The first-order valence-corrected chi connectivity index (χ1v) is 4.24. The van der Waals surface area contributed by atoms with Crippen molar-refractivity contribution in [2.24, 2.45) is 0 Å². The predicted octanol–water partition coefficient (Wildman–Crippen LogP) is -1.85. The Morgan fingerprint density at radius 2 is 2.00 bits per heavy atom. The maximum atomic E-state index is 11.3. The molecule has 0 saturated heterocycles. The van der Waals surface area contributed by atoms with Crippen molar-refractivity contribution < 1.29 is 24.9 Å². The Morgan fingerprint density at radius 3 is 2.36 bits per heavy atom. The van der Waals surface area contributed by atoms with Crippen LogP contribution in [0, 0.1) is 0 Å². The van der Waals surface area contributed by atoms with E-state index in [4.69, 9.17) is 15.3 Å². The molecule has 0 fully saturated rings. The lowest BCUT2D eigenvalue weighted by molar-refractivity contribution is -0.167. The van der Waals surface area contributed by atoms with Crippen LogP contribution in [0.15, 0.2) is 0 Å². The number of ether oxygens (including phenoxy) is 1. The SMILES string of the molecule is CN(CCO)C(C)(CO)C(=O)OCO. The van der Waals surface area contributed by atoms with E-state index in [1.807, 2.05) is 0 Å². The van der Waals surface area contributed by atoms with Crippen molar-refractivity contribution in [3.63, 3.8) is 0 Å². The van der Waals surface area contributed by atoms with Crippen molar-refractivity contribution in [2.75, 3.05) is 33.6 Å². The van der Waals surface area contributed by atoms with E-state index in [1.165, 1.54) is 11.8 Å². The molecule has 0 aromatic carbocycles. The number of likely N-dealkylation sites (N-methyl/N-ethyl adjacent to an activating group) is 1. The fraction of sp³-hybridized carbons (Fsp3) is 0.875. The number of β-amino-alcohol motifs (C(OH)–C–C–N with tert-alkyl or cyclic N) is 1. The molecule has 1 atom stereocenters. The van der Waals surface area contributed by atoms with E-state index in [-0.39, 0.29) is 13.2 Å². The molecule has 14 heavy (non-hydrogen) atoms. The summed E-state index contributed by atoms with van der Waals surface area (Å²) in [6.07, 6.45) is 0. The van der Waals surface area contributed by atoms with Crippen LogP contribution in [0.2, 0.25) is 0 Å². The van der Waals surface area contributed by atoms with E-state index in [2.05, 4.69) is 4.74 Å². The predicted molar refractivity (Wildman–Crippen MR) is 48.4 cm³/mol. The van der Waals surface area contributed by atoms with Gasteiger partial charge in [-0.25, -0.2) is 4.79 Å². The average Bonchev–Trinajstić information content (AvgIpc) is 2.17. The second-order valence-corrected chi connectivity index (χ2v) is 3.14. The van der Waals surface area contributed by atoms with Gasteiger partial charge in [0.25, 0.3) is 0 Å². The smallest absolute Gasteiger partial charge is 0.330 e. The normalized spacial score (nSPS) is 15.3. The Bertz CT molecular complexity index is 187. The molecule has 0 aromatic rings. The number of aliphatic hydroxyl groups is 3. The zero-order chi connectivity index (χ0) is 11.2. The minimum Gasteiger partial charge on any atom is -0.437 e. The topological polar surface area (TPSA) is 90.2 Å². The third kappa shape index (κ3) is 2.91. The van der Waals surface area contributed by atoms with Gasteiger partial charge in [0, 0.05) is 6.54 Å². The van der Waals surface area contributed by atoms with Crippen LogP contribution in [-0.2, 0) is 9.53 Å². The van der Waals surface area contributed by atoms with E-state index in [9.17, 15) is 4.79 Å². The van der Waals surface area contributed by atoms with E-state index < -0.39 is 24.9 Å². The summed E-state index contributed by atoms with van der Waals surface area (Å²) in [5, 5.41) is 26.2. The minimum atomic E-state index is -1.23. The third-order valence-corrected chi connectivity index (χ3v) is 2.22. The fourth-order valence-electron chi connectivity index (χ4n) is 0.952. The van der Waals surface area contributed by atoms with Crippen LogP contribution in [0.4, 0.5) is 0 Å². The molecule has 0 bridgehead atoms. The van der Waals surface area contributed by atoms with Crippen LogP contribution in [0.1, 0.15) is 6.92 Å². The summed E-state index contributed by atoms with van der Waals surface area (Å²) in [6.45, 7) is 0.417. The van der Waals surface area contributed by atoms with Gasteiger partial charge in [0.1, 0.15) is 5.54 Å². The summed E-state index contributed by atoms with van der Waals surface area (Å²) >= 11 is 0. The lowest BCUT2D eigenvalue weighted by Crippen LogP contribution is -2.55. The van der Waals surface area contributed by atoms with Crippen molar-refractivity contribution in [3.05, 3.63) is 0 Å². The van der Waals surface area contributed by atoms with Gasteiger partial charge < -0.3 is 20.1 Å². The first-order chi connectivity index (χ1) is 6.52. The molecule has 6 nitrogen and oxygen atoms in total. The Hall–Kier alpha value is -0.690. The number of nitrogens with zero attached hydrogens (tertiary/aromatic N) is 1. The van der Waals surface area contributed by atoms with Crippen LogP contribution < -0.4 is 0 Å². The highest BCUT2D eigenvalue weighted by Crippen LogP contribution is 2.14. The average molecular weight is 207 g/mol. The number of esters is 1. The molecule has 0 aliphatic heterocycles. The molecule has 0 radical (unpaired) electrons. The maximum absolute atomic E-state index is 11.3. The maximum Gasteiger partial charge on any atom is 0.330 e. The molecular weight excluding hydrogens is 190 g/mol. The number of carbonyl (C=O) groups excluding carboxylic acids is 1. The Kier molecular flexibility index (Phi) is 5.63. The second-order valence-electron chi connectivity index (χ2n) is 3.14. The molecule has 84 valence electrons. The van der Waals surface area contributed by atoms with Gasteiger partial charge in [-0.2, -0.15) is 0 Å². The van der Waals surface area contributed by atoms with Gasteiger partial charge in [-0.15, -0.1) is 0 Å². The summed E-state index contributed by atoms with van der Waals surface area (Å²) in [5.41, 5.74) is -1.23. The molecule has 0 aromatic heterocycles. The van der Waals surface area contributed by atoms with Crippen molar-refractivity contribution in [1.82, 2.24) is 4.90 Å². The monoisotopic (exact) mass is 207 g/mol. The molecule has 0 saturated carbocycles. The largest absolute Gasteiger partial charge is 0.437 e. The van der Waals surface area contributed by atoms with Crippen molar-refractivity contribution in [3.8, 4) is 0 Å². The first kappa shape index (κ1) is 13.3. The van der Waals surface area contributed by atoms with Gasteiger partial charge in [0.15, 0.2) is 6.79 Å². The molecule has 0 heterocycles. The number of hydrogen-bond acceptors (Lipinski definition) is 6. The van der Waals surface area contributed by atoms with Gasteiger partial charge >= 0.3 is 5.97 Å². The Morgan fingerprint density at radius 1 is 1.43 bits per heavy atom. The Labute approximate surface area is 82.7 Å². The molecule has 0 amide bonds. The van der Waals surface area contributed by atoms with Crippen LogP contribution >= 0.6 is 0 Å². The van der Waals surface area contributed by atoms with Crippen molar-refractivity contribution in [2.45, 2.75) is 12.5 Å². The van der Waals surface area contributed by atoms with E-state index >= 15 is 0 Å². The first-order valence-electron chi connectivity index (χ1n) is 4.24. The summed E-state index contributed by atoms with van der Waals surface area (Å²) in [6, 6.07) is 0. The zero-order valence-corrected chi connectivity index (χ0v) is 8.43. The van der Waals surface area contributed by atoms with Crippen molar-refractivity contribution >= 4 is 5.97 Å². The van der Waals surface area contributed by atoms with Crippen LogP contribution in [0.5, 0.6) is 0 Å². The molecule has 6 heteroatoms. The summed E-state index contributed by atoms with van der Waals surface area (Å²) in [4.78, 5) is 12.8. The molecule has 0 aliphatic carbocycles. The standard InChI is InChI=1S/C8H17NO5/c1-8(5-11,7(13)14-6-12)9(2)3-4-10/h10-12H,3-6H2,1-2H3. The fourth-order valence-corrected chi connectivity index (χ4v) is 0.952. The lowest BCUT2D eigenvalue weighted by atomic mass is 10.0. The molecular formula is C8H17NO5. The van der Waals surface area contributed by atoms with Gasteiger partial charge in [0.05, 0.1) is 13.2 Å². The highest BCUT2D eigenvalue weighted by atomic mass is 16.6. The van der Waals surface area contributed by atoms with Crippen LogP contribution in [0.25, 0.3) is 0 Å². The molecule has 1 unspecified atom stereocenters. The third-order valence-electron chi connectivity index (χ3n) is 2.22. The molecule has 3 N–H and O–H groups in total. The molecule has 0 rings (SSSR count). The number of carbonyl (C=O) groups is 1. The van der Waals surface area contributed by atoms with Gasteiger partial charge in [0.2, 0.25) is 0 Å². The second kappa shape index (κ2) is 5.92. The lowest BCUT2D eigenvalue weighted by Gasteiger charge is -2.34. The van der Waals surface area contributed by atoms with Gasteiger partial charge in [-0.3, -0.25) is 4.90 Å². The van der Waals surface area contributed by atoms with Crippen LogP contribution in [0.3, 0.4) is 0 Å². The highest BCUT2D eigenvalue weighted by molar-refractivity contribution is 5.80. The molecule has 0 aliphatic rings. The molecule has 0 spiro atoms. The summed E-state index contributed by atoms with van der Waals surface area (Å²) in [5.74, 6) is -0.724. The number of aliphatic hydroxyl groups excluding tert-OH is 3. The minimum absolute atomic E-state index is 0.126. The van der Waals surface area contributed by atoms with E-state index in [1.54, 1.807) is 7.05 Å². The van der Waals surface area contributed by atoms with E-state index in [0.29, 0.717) is 0 Å². The Balaban J connectivity index is 4.51. The number of hydrogen-bond donors (Lipinski definition) is 3. The van der Waals surface area contributed by atoms with Crippen LogP contribution in [-0.4, -0.2) is 65.3 Å². The summed E-state index contributed by atoms with van der Waals surface area (Å²) in [7, 11) is 1.57. The van der Waals surface area contributed by atoms with Gasteiger partial charge in [-0.1, -0.05) is 0 Å². The van der Waals surface area contributed by atoms with Crippen molar-refractivity contribution in [1.29, 1.82) is 0 Å². The highest BCUT2D eigenvalue weighted by Gasteiger charge is 2.38.